The quantitative estimate of drug-likeness (QED) is 0.765. The standard InChI is InChI=1S/C12H20N2S/c1-10-7-5-6-8-11(10)12(13)9-14-15(2,3)4/h5-8,12,14H,2-3,9,13H2,1,4H3. The first-order valence-corrected chi connectivity index (χ1v) is 7.28. The van der Waals surface area contributed by atoms with E-state index in [9.17, 15) is 0 Å². The molecule has 2 nitrogen and oxygen atoms in total. The lowest BCUT2D eigenvalue weighted by Crippen LogP contribution is -2.25. The zero-order valence-corrected chi connectivity index (χ0v) is 10.3. The predicted octanol–water partition coefficient (Wildman–Crippen LogP) is 1.80. The molecular formula is C12H20N2S. The van der Waals surface area contributed by atoms with E-state index in [-0.39, 0.29) is 6.04 Å². The van der Waals surface area contributed by atoms with E-state index in [1.54, 1.807) is 0 Å². The Morgan fingerprint density at radius 2 is 2.00 bits per heavy atom. The van der Waals surface area contributed by atoms with E-state index in [0.717, 1.165) is 6.54 Å². The summed E-state index contributed by atoms with van der Waals surface area (Å²) in [4.78, 5) is 0. The highest BCUT2D eigenvalue weighted by atomic mass is 32.2. The van der Waals surface area contributed by atoms with Crippen molar-refractivity contribution in [2.45, 2.75) is 13.0 Å². The van der Waals surface area contributed by atoms with Crippen LogP contribution in [0.4, 0.5) is 0 Å². The Bertz CT molecular complexity index is 421. The molecular weight excluding hydrogens is 204 g/mol. The molecule has 0 heterocycles. The Morgan fingerprint density at radius 3 is 2.53 bits per heavy atom. The first-order chi connectivity index (χ1) is 6.90. The van der Waals surface area contributed by atoms with E-state index in [1.165, 1.54) is 11.1 Å². The third kappa shape index (κ3) is 4.08. The van der Waals surface area contributed by atoms with E-state index in [0.29, 0.717) is 0 Å². The number of nitrogens with two attached hydrogens (primary N) is 1. The number of benzene rings is 1. The summed E-state index contributed by atoms with van der Waals surface area (Å²) in [5, 5.41) is 0. The van der Waals surface area contributed by atoms with Gasteiger partial charge in [-0.2, -0.15) is 9.39 Å². The van der Waals surface area contributed by atoms with Crippen LogP contribution in [0.1, 0.15) is 17.2 Å². The predicted molar refractivity (Wildman–Crippen MR) is 73.9 cm³/mol. The van der Waals surface area contributed by atoms with Crippen molar-refractivity contribution in [2.24, 2.45) is 5.73 Å². The molecule has 1 rings (SSSR count). The fraction of sp³-hybridized carbons (Fsp3) is 0.333. The second-order valence-electron chi connectivity index (χ2n) is 4.09. The highest BCUT2D eigenvalue weighted by Crippen LogP contribution is 2.16. The van der Waals surface area contributed by atoms with Gasteiger partial charge < -0.3 is 5.73 Å². The van der Waals surface area contributed by atoms with Gasteiger partial charge in [-0.3, -0.25) is 4.72 Å². The molecule has 0 aliphatic carbocycles. The molecule has 1 aromatic rings. The molecule has 0 spiro atoms. The highest BCUT2D eigenvalue weighted by molar-refractivity contribution is 8.25. The molecule has 0 aromatic heterocycles. The molecule has 15 heavy (non-hydrogen) atoms. The van der Waals surface area contributed by atoms with Crippen molar-refractivity contribution in [1.29, 1.82) is 0 Å². The van der Waals surface area contributed by atoms with Crippen LogP contribution in [0, 0.1) is 6.92 Å². The topological polar surface area (TPSA) is 38.0 Å². The molecule has 1 atom stereocenters. The lowest BCUT2D eigenvalue weighted by atomic mass is 10.0. The highest BCUT2D eigenvalue weighted by Gasteiger charge is 2.07. The van der Waals surface area contributed by atoms with Crippen LogP contribution in [-0.2, 0) is 0 Å². The Labute approximate surface area is 93.1 Å². The number of hydrogen-bond acceptors (Lipinski definition) is 2. The zero-order chi connectivity index (χ0) is 11.5. The van der Waals surface area contributed by atoms with Gasteiger partial charge in [-0.25, -0.2) is 0 Å². The SMILES string of the molecule is C=S(=C)(C)NCC(N)c1ccccc1C. The molecule has 0 fully saturated rings. The van der Waals surface area contributed by atoms with Crippen LogP contribution in [0.2, 0.25) is 0 Å². The summed E-state index contributed by atoms with van der Waals surface area (Å²) in [7, 11) is -1.17. The summed E-state index contributed by atoms with van der Waals surface area (Å²) in [5.74, 6) is 7.93. The molecule has 3 heteroatoms. The van der Waals surface area contributed by atoms with Crippen molar-refractivity contribution in [3.8, 4) is 0 Å². The molecule has 0 saturated heterocycles. The molecule has 0 bridgehead atoms. The molecule has 0 aliphatic heterocycles. The minimum absolute atomic E-state index is 0.0153. The maximum absolute atomic E-state index is 6.10. The van der Waals surface area contributed by atoms with Crippen LogP contribution in [0.5, 0.6) is 0 Å². The summed E-state index contributed by atoms with van der Waals surface area (Å²) in [6, 6.07) is 8.21. The van der Waals surface area contributed by atoms with Crippen molar-refractivity contribution in [1.82, 2.24) is 4.72 Å². The Morgan fingerprint density at radius 1 is 1.40 bits per heavy atom. The first kappa shape index (κ1) is 12.3. The van der Waals surface area contributed by atoms with Crippen molar-refractivity contribution in [3.63, 3.8) is 0 Å². The summed E-state index contributed by atoms with van der Waals surface area (Å²) >= 11 is 0. The van der Waals surface area contributed by atoms with E-state index >= 15 is 0 Å². The maximum Gasteiger partial charge on any atom is 0.0433 e. The van der Waals surface area contributed by atoms with Gasteiger partial charge in [-0.15, -0.1) is 0 Å². The van der Waals surface area contributed by atoms with Crippen LogP contribution in [-0.4, -0.2) is 24.5 Å². The number of nitrogens with one attached hydrogen (secondary N) is 1. The largest absolute Gasteiger partial charge is 0.323 e. The maximum atomic E-state index is 6.10. The fourth-order valence-electron chi connectivity index (χ4n) is 1.40. The molecule has 1 aromatic carbocycles. The zero-order valence-electron chi connectivity index (χ0n) is 9.49. The molecule has 3 N–H and O–H groups in total. The molecule has 0 amide bonds. The summed E-state index contributed by atoms with van der Waals surface area (Å²) in [6.45, 7) is 2.80. The summed E-state index contributed by atoms with van der Waals surface area (Å²) in [6.07, 6.45) is 2.01. The first-order valence-electron chi connectivity index (χ1n) is 4.90. The summed E-state index contributed by atoms with van der Waals surface area (Å²) < 4.78 is 3.28. The minimum atomic E-state index is -1.17. The van der Waals surface area contributed by atoms with Gasteiger partial charge in [-0.1, -0.05) is 36.0 Å². The van der Waals surface area contributed by atoms with E-state index < -0.39 is 9.39 Å². The van der Waals surface area contributed by atoms with Gasteiger partial charge in [0.25, 0.3) is 0 Å². The Kier molecular flexibility index (Phi) is 3.97. The van der Waals surface area contributed by atoms with Crippen molar-refractivity contribution < 1.29 is 0 Å². The second-order valence-corrected chi connectivity index (χ2v) is 6.92. The minimum Gasteiger partial charge on any atom is -0.323 e. The second kappa shape index (κ2) is 4.84. The number of hydrogen-bond donors (Lipinski definition) is 2. The van der Waals surface area contributed by atoms with Gasteiger partial charge in [0, 0.05) is 12.6 Å². The normalized spacial score (nSPS) is 13.8. The van der Waals surface area contributed by atoms with Gasteiger partial charge in [0.2, 0.25) is 0 Å². The average molecular weight is 224 g/mol. The van der Waals surface area contributed by atoms with Crippen LogP contribution >= 0.6 is 9.39 Å². The van der Waals surface area contributed by atoms with E-state index in [2.05, 4.69) is 35.5 Å². The van der Waals surface area contributed by atoms with Gasteiger partial charge in [0.1, 0.15) is 0 Å². The summed E-state index contributed by atoms with van der Waals surface area (Å²) in [5.41, 5.74) is 8.52. The number of aryl methyl sites for hydroxylation is 1. The lowest BCUT2D eigenvalue weighted by Gasteiger charge is -2.18. The van der Waals surface area contributed by atoms with Gasteiger partial charge >= 0.3 is 0 Å². The van der Waals surface area contributed by atoms with Crippen molar-refractivity contribution in [2.75, 3.05) is 12.8 Å². The van der Waals surface area contributed by atoms with Crippen molar-refractivity contribution in [3.05, 3.63) is 35.4 Å². The van der Waals surface area contributed by atoms with Crippen LogP contribution < -0.4 is 10.5 Å². The molecule has 0 radical (unpaired) electrons. The third-order valence-electron chi connectivity index (χ3n) is 2.24. The van der Waals surface area contributed by atoms with Crippen LogP contribution in [0.25, 0.3) is 0 Å². The van der Waals surface area contributed by atoms with Crippen molar-refractivity contribution >= 4 is 21.1 Å². The van der Waals surface area contributed by atoms with Crippen LogP contribution in [0.3, 0.4) is 0 Å². The lowest BCUT2D eigenvalue weighted by molar-refractivity contribution is 0.704. The van der Waals surface area contributed by atoms with E-state index in [4.69, 9.17) is 5.73 Å². The monoisotopic (exact) mass is 224 g/mol. The third-order valence-corrected chi connectivity index (χ3v) is 3.10. The fourth-order valence-corrected chi connectivity index (χ4v) is 1.99. The number of rotatable bonds is 4. The molecule has 1 unspecified atom stereocenters. The molecule has 84 valence electrons. The van der Waals surface area contributed by atoms with Gasteiger partial charge in [-0.05, 0) is 24.3 Å². The smallest absolute Gasteiger partial charge is 0.0433 e. The van der Waals surface area contributed by atoms with Gasteiger partial charge in [0.05, 0.1) is 0 Å². The molecule has 0 saturated carbocycles. The Hall–Kier alpha value is -0.770. The van der Waals surface area contributed by atoms with Crippen LogP contribution in [0.15, 0.2) is 24.3 Å². The average Bonchev–Trinajstić information content (AvgIpc) is 2.14. The molecule has 0 aliphatic rings. The Balaban J connectivity index is 2.70. The van der Waals surface area contributed by atoms with Gasteiger partial charge in [0.15, 0.2) is 0 Å². The van der Waals surface area contributed by atoms with E-state index in [1.807, 2.05) is 18.4 Å².